The van der Waals surface area contributed by atoms with E-state index in [9.17, 15) is 9.59 Å². The average Bonchev–Trinajstić information content (AvgIpc) is 2.54. The van der Waals surface area contributed by atoms with Gasteiger partial charge in [-0.05, 0) is 31.6 Å². The number of fused-ring (bicyclic) bond motifs is 1. The highest BCUT2D eigenvalue weighted by molar-refractivity contribution is 8.00. The molecule has 0 aliphatic carbocycles. The summed E-state index contributed by atoms with van der Waals surface area (Å²) in [5.41, 5.74) is 1.17. The highest BCUT2D eigenvalue weighted by Gasteiger charge is 2.50. The number of benzene rings is 1. The molecule has 0 spiro atoms. The molecule has 1 aromatic carbocycles. The van der Waals surface area contributed by atoms with Crippen LogP contribution in [0.5, 0.6) is 5.75 Å². The summed E-state index contributed by atoms with van der Waals surface area (Å²) in [5, 5.41) is 3.11. The number of hydrogen-bond acceptors (Lipinski definition) is 4. The molecule has 1 saturated heterocycles. The Kier molecular flexibility index (Phi) is 4.11. The SMILES string of the molecule is CC1=CN2C(=O)C(NC(=O)COc3ccccc3)[C@H]2SC1C. The van der Waals surface area contributed by atoms with Crippen molar-refractivity contribution in [3.63, 3.8) is 0 Å². The molecule has 3 rings (SSSR count). The lowest BCUT2D eigenvalue weighted by molar-refractivity contribution is -0.145. The number of carbonyl (C=O) groups excluding carboxylic acids is 2. The second-order valence-corrected chi connectivity index (χ2v) is 6.90. The average molecular weight is 318 g/mol. The summed E-state index contributed by atoms with van der Waals surface area (Å²) in [6.07, 6.45) is 1.89. The van der Waals surface area contributed by atoms with Crippen LogP contribution in [0.15, 0.2) is 42.1 Å². The van der Waals surface area contributed by atoms with Gasteiger partial charge in [-0.2, -0.15) is 0 Å². The van der Waals surface area contributed by atoms with Crippen LogP contribution in [0.25, 0.3) is 0 Å². The first-order chi connectivity index (χ1) is 10.6. The van der Waals surface area contributed by atoms with Gasteiger partial charge in [-0.25, -0.2) is 0 Å². The minimum atomic E-state index is -0.455. The molecule has 0 radical (unpaired) electrons. The molecule has 2 amide bonds. The highest BCUT2D eigenvalue weighted by Crippen LogP contribution is 2.39. The van der Waals surface area contributed by atoms with Crippen molar-refractivity contribution >= 4 is 23.6 Å². The molecule has 2 unspecified atom stereocenters. The van der Waals surface area contributed by atoms with Crippen LogP contribution in [0.1, 0.15) is 13.8 Å². The number of β-lactam (4-membered cyclic amide) rings is 1. The Balaban J connectivity index is 1.54. The zero-order chi connectivity index (χ0) is 15.7. The third kappa shape index (κ3) is 2.83. The van der Waals surface area contributed by atoms with Gasteiger partial charge in [-0.1, -0.05) is 18.2 Å². The van der Waals surface area contributed by atoms with E-state index in [-0.39, 0.29) is 23.8 Å². The number of nitrogens with one attached hydrogen (secondary N) is 1. The maximum atomic E-state index is 12.1. The second kappa shape index (κ2) is 6.04. The summed E-state index contributed by atoms with van der Waals surface area (Å²) in [6, 6.07) is 8.69. The van der Waals surface area contributed by atoms with E-state index >= 15 is 0 Å². The van der Waals surface area contributed by atoms with Crippen LogP contribution >= 0.6 is 11.8 Å². The summed E-state index contributed by atoms with van der Waals surface area (Å²) < 4.78 is 5.39. The van der Waals surface area contributed by atoms with Crippen molar-refractivity contribution in [1.29, 1.82) is 0 Å². The van der Waals surface area contributed by atoms with Gasteiger partial charge in [0, 0.05) is 11.4 Å². The van der Waals surface area contributed by atoms with E-state index in [0.717, 1.165) is 0 Å². The molecule has 116 valence electrons. The molecule has 0 aromatic heterocycles. The first-order valence-electron chi connectivity index (χ1n) is 7.19. The van der Waals surface area contributed by atoms with Crippen molar-refractivity contribution in [2.45, 2.75) is 30.5 Å². The fraction of sp³-hybridized carbons (Fsp3) is 0.375. The predicted octanol–water partition coefficient (Wildman–Crippen LogP) is 1.76. The summed E-state index contributed by atoms with van der Waals surface area (Å²) in [7, 11) is 0. The molecule has 3 atom stereocenters. The summed E-state index contributed by atoms with van der Waals surface area (Å²) in [4.78, 5) is 25.7. The van der Waals surface area contributed by atoms with Crippen molar-refractivity contribution in [2.75, 3.05) is 6.61 Å². The number of carbonyl (C=O) groups is 2. The normalized spacial score (nSPS) is 26.6. The second-order valence-electron chi connectivity index (χ2n) is 5.43. The third-order valence-electron chi connectivity index (χ3n) is 3.84. The molecule has 22 heavy (non-hydrogen) atoms. The minimum Gasteiger partial charge on any atom is -0.484 e. The molecule has 2 aliphatic rings. The quantitative estimate of drug-likeness (QED) is 0.860. The number of amides is 2. The number of ether oxygens (including phenoxy) is 1. The van der Waals surface area contributed by atoms with Gasteiger partial charge in [0.25, 0.3) is 11.8 Å². The van der Waals surface area contributed by atoms with Crippen LogP contribution in [0, 0.1) is 0 Å². The molecule has 1 fully saturated rings. The first-order valence-corrected chi connectivity index (χ1v) is 8.13. The Bertz CT molecular complexity index is 617. The van der Waals surface area contributed by atoms with Crippen molar-refractivity contribution in [2.24, 2.45) is 0 Å². The van der Waals surface area contributed by atoms with Crippen molar-refractivity contribution in [3.8, 4) is 5.75 Å². The lowest BCUT2D eigenvalue weighted by atomic mass is 10.1. The molecule has 2 aliphatic heterocycles. The Morgan fingerprint density at radius 3 is 2.82 bits per heavy atom. The smallest absolute Gasteiger partial charge is 0.258 e. The zero-order valence-corrected chi connectivity index (χ0v) is 13.3. The van der Waals surface area contributed by atoms with Crippen LogP contribution in [0.3, 0.4) is 0 Å². The van der Waals surface area contributed by atoms with Crippen LogP contribution in [-0.4, -0.2) is 40.0 Å². The van der Waals surface area contributed by atoms with Crippen LogP contribution in [0.2, 0.25) is 0 Å². The molecule has 1 aromatic rings. The van der Waals surface area contributed by atoms with Gasteiger partial charge in [0.05, 0.1) is 0 Å². The number of thioether (sulfide) groups is 1. The van der Waals surface area contributed by atoms with E-state index in [1.165, 1.54) is 5.57 Å². The standard InChI is InChI=1S/C16H18N2O3S/c1-10-8-18-15(20)14(16(18)22-11(10)2)17-13(19)9-21-12-6-4-3-5-7-12/h3-8,11,14,16H,9H2,1-2H3,(H,17,19)/t11?,14?,16-/m1/s1. The van der Waals surface area contributed by atoms with Gasteiger partial charge >= 0.3 is 0 Å². The molecule has 0 saturated carbocycles. The Hall–Kier alpha value is -1.95. The number of hydrogen-bond donors (Lipinski definition) is 1. The van der Waals surface area contributed by atoms with Crippen molar-refractivity contribution < 1.29 is 14.3 Å². The van der Waals surface area contributed by atoms with E-state index in [1.807, 2.05) is 31.3 Å². The minimum absolute atomic E-state index is 0.00752. The molecule has 5 nitrogen and oxygen atoms in total. The van der Waals surface area contributed by atoms with Crippen molar-refractivity contribution in [3.05, 3.63) is 42.1 Å². The molecular weight excluding hydrogens is 300 g/mol. The molecule has 2 heterocycles. The number of para-hydroxylation sites is 1. The molecule has 0 bridgehead atoms. The van der Waals surface area contributed by atoms with E-state index in [2.05, 4.69) is 12.2 Å². The fourth-order valence-corrected chi connectivity index (χ4v) is 3.75. The summed E-state index contributed by atoms with van der Waals surface area (Å²) in [5.74, 6) is 0.302. The van der Waals surface area contributed by atoms with Gasteiger partial charge in [-0.15, -0.1) is 11.8 Å². The number of rotatable bonds is 4. The Morgan fingerprint density at radius 2 is 2.09 bits per heavy atom. The lowest BCUT2D eigenvalue weighted by Gasteiger charge is -2.48. The maximum Gasteiger partial charge on any atom is 0.258 e. The fourth-order valence-electron chi connectivity index (χ4n) is 2.42. The van der Waals surface area contributed by atoms with Crippen LogP contribution in [-0.2, 0) is 9.59 Å². The molecule has 6 heteroatoms. The largest absolute Gasteiger partial charge is 0.484 e. The van der Waals surface area contributed by atoms with E-state index in [0.29, 0.717) is 11.0 Å². The summed E-state index contributed by atoms with van der Waals surface area (Å²) in [6.45, 7) is 4.03. The van der Waals surface area contributed by atoms with Crippen LogP contribution in [0.4, 0.5) is 0 Å². The van der Waals surface area contributed by atoms with Gasteiger partial charge in [0.15, 0.2) is 6.61 Å². The van der Waals surface area contributed by atoms with Gasteiger partial charge in [0.2, 0.25) is 0 Å². The lowest BCUT2D eigenvalue weighted by Crippen LogP contribution is -2.69. The third-order valence-corrected chi connectivity index (χ3v) is 5.40. The number of nitrogens with zero attached hydrogens (tertiary/aromatic N) is 1. The first kappa shape index (κ1) is 15.0. The van der Waals surface area contributed by atoms with E-state index in [4.69, 9.17) is 4.74 Å². The summed E-state index contributed by atoms with van der Waals surface area (Å²) >= 11 is 1.69. The highest BCUT2D eigenvalue weighted by atomic mass is 32.2. The zero-order valence-electron chi connectivity index (χ0n) is 12.5. The van der Waals surface area contributed by atoms with E-state index in [1.54, 1.807) is 28.8 Å². The maximum absolute atomic E-state index is 12.1. The molecular formula is C16H18N2O3S. The monoisotopic (exact) mass is 318 g/mol. The van der Waals surface area contributed by atoms with Gasteiger partial charge < -0.3 is 15.0 Å². The topological polar surface area (TPSA) is 58.6 Å². The van der Waals surface area contributed by atoms with Gasteiger partial charge in [-0.3, -0.25) is 9.59 Å². The Morgan fingerprint density at radius 1 is 1.36 bits per heavy atom. The van der Waals surface area contributed by atoms with Crippen molar-refractivity contribution in [1.82, 2.24) is 10.2 Å². The molecule has 1 N–H and O–H groups in total. The Labute approximate surface area is 133 Å². The predicted molar refractivity (Wildman–Crippen MR) is 85.3 cm³/mol. The van der Waals surface area contributed by atoms with Gasteiger partial charge in [0.1, 0.15) is 17.2 Å². The van der Waals surface area contributed by atoms with Crippen LogP contribution < -0.4 is 10.1 Å². The van der Waals surface area contributed by atoms with E-state index < -0.39 is 6.04 Å².